The van der Waals surface area contributed by atoms with Crippen LogP contribution in [-0.4, -0.2) is 33.4 Å². The monoisotopic (exact) mass is 339 g/mol. The lowest BCUT2D eigenvalue weighted by molar-refractivity contribution is -0.136. The fraction of sp³-hybridized carbons (Fsp3) is 0.706. The fourth-order valence-electron chi connectivity index (χ4n) is 3.74. The van der Waals surface area contributed by atoms with Gasteiger partial charge in [0.15, 0.2) is 0 Å². The maximum absolute atomic E-state index is 12.5. The van der Waals surface area contributed by atoms with Crippen LogP contribution < -0.4 is 5.56 Å². The molecule has 5 nitrogen and oxygen atoms in total. The lowest BCUT2D eigenvalue weighted by atomic mass is 9.95. The van der Waals surface area contributed by atoms with Crippen LogP contribution >= 0.6 is 0 Å². The van der Waals surface area contributed by atoms with Gasteiger partial charge in [0, 0.05) is 31.6 Å². The maximum Gasteiger partial charge on any atom is 0.280 e. The Kier molecular flexibility index (Phi) is 5.26. The number of carbonyl (C=O) groups is 1. The second-order valence-electron chi connectivity index (χ2n) is 6.86. The number of hydrogen-bond donors (Lipinski definition) is 0. The van der Waals surface area contributed by atoms with Crippen molar-refractivity contribution in [1.29, 1.82) is 0 Å². The van der Waals surface area contributed by atoms with E-state index in [2.05, 4.69) is 4.98 Å². The zero-order chi connectivity index (χ0) is 17.1. The highest BCUT2D eigenvalue weighted by molar-refractivity contribution is 5.79. The number of amides is 1. The number of hydrogen-bond acceptors (Lipinski definition) is 3. The zero-order valence-electron chi connectivity index (χ0n) is 13.7. The van der Waals surface area contributed by atoms with Crippen molar-refractivity contribution in [3.05, 3.63) is 28.4 Å². The smallest absolute Gasteiger partial charge is 0.280 e. The van der Waals surface area contributed by atoms with Crippen LogP contribution in [0, 0.1) is 11.8 Å². The van der Waals surface area contributed by atoms with E-state index in [1.54, 1.807) is 0 Å². The Morgan fingerprint density at radius 2 is 1.88 bits per heavy atom. The number of piperidine rings is 1. The molecular weight excluding hydrogens is 316 g/mol. The Morgan fingerprint density at radius 3 is 2.46 bits per heavy atom. The van der Waals surface area contributed by atoms with Gasteiger partial charge in [-0.3, -0.25) is 14.2 Å². The number of likely N-dealkylation sites (tertiary alicyclic amines) is 1. The molecular formula is C17H23F2N3O2. The second kappa shape index (κ2) is 7.40. The Labute approximate surface area is 139 Å². The summed E-state index contributed by atoms with van der Waals surface area (Å²) >= 11 is 0. The molecule has 1 saturated heterocycles. The molecule has 1 saturated carbocycles. The fourth-order valence-corrected chi connectivity index (χ4v) is 3.74. The SMILES string of the molecule is O=C(C1CCCC1)N1CCC(Cn2cnc(C(F)F)cc2=O)CC1. The summed E-state index contributed by atoms with van der Waals surface area (Å²) < 4.78 is 26.5. The van der Waals surface area contributed by atoms with E-state index in [-0.39, 0.29) is 17.7 Å². The first kappa shape index (κ1) is 17.0. The van der Waals surface area contributed by atoms with Gasteiger partial charge < -0.3 is 4.90 Å². The van der Waals surface area contributed by atoms with E-state index in [9.17, 15) is 18.4 Å². The third-order valence-electron chi connectivity index (χ3n) is 5.21. The van der Waals surface area contributed by atoms with E-state index >= 15 is 0 Å². The molecule has 0 N–H and O–H groups in total. The van der Waals surface area contributed by atoms with Crippen molar-refractivity contribution >= 4 is 5.91 Å². The van der Waals surface area contributed by atoms with Crippen LogP contribution in [0.4, 0.5) is 8.78 Å². The minimum absolute atomic E-state index is 0.204. The van der Waals surface area contributed by atoms with E-state index in [0.717, 1.165) is 57.7 Å². The summed E-state index contributed by atoms with van der Waals surface area (Å²) in [6.07, 6.45) is 4.47. The Hall–Kier alpha value is -1.79. The first-order valence-electron chi connectivity index (χ1n) is 8.68. The van der Waals surface area contributed by atoms with Gasteiger partial charge in [0.25, 0.3) is 12.0 Å². The summed E-state index contributed by atoms with van der Waals surface area (Å²) in [6, 6.07) is 0.906. The van der Waals surface area contributed by atoms with Crippen molar-refractivity contribution in [3.63, 3.8) is 0 Å². The van der Waals surface area contributed by atoms with Gasteiger partial charge in [-0.15, -0.1) is 0 Å². The van der Waals surface area contributed by atoms with E-state index in [4.69, 9.17) is 0 Å². The quantitative estimate of drug-likeness (QED) is 0.847. The van der Waals surface area contributed by atoms with E-state index in [1.165, 1.54) is 10.9 Å². The molecule has 0 spiro atoms. The molecule has 2 fully saturated rings. The topological polar surface area (TPSA) is 55.2 Å². The average molecular weight is 339 g/mol. The van der Waals surface area contributed by atoms with Crippen molar-refractivity contribution in [2.75, 3.05) is 13.1 Å². The van der Waals surface area contributed by atoms with Crippen molar-refractivity contribution in [2.45, 2.75) is 51.5 Å². The first-order valence-corrected chi connectivity index (χ1v) is 8.68. The van der Waals surface area contributed by atoms with Gasteiger partial charge in [-0.2, -0.15) is 0 Å². The van der Waals surface area contributed by atoms with Crippen molar-refractivity contribution in [3.8, 4) is 0 Å². The van der Waals surface area contributed by atoms with Crippen LogP contribution in [0.25, 0.3) is 0 Å². The average Bonchev–Trinajstić information content (AvgIpc) is 3.11. The van der Waals surface area contributed by atoms with Crippen molar-refractivity contribution < 1.29 is 13.6 Å². The summed E-state index contributed by atoms with van der Waals surface area (Å²) in [4.78, 5) is 29.9. The Bertz CT molecular complexity index is 633. The molecule has 1 aliphatic heterocycles. The minimum atomic E-state index is -2.72. The lowest BCUT2D eigenvalue weighted by Gasteiger charge is -2.33. The van der Waals surface area contributed by atoms with Gasteiger partial charge in [0.05, 0.1) is 6.33 Å². The second-order valence-corrected chi connectivity index (χ2v) is 6.86. The van der Waals surface area contributed by atoms with Gasteiger partial charge in [-0.25, -0.2) is 13.8 Å². The molecule has 1 aromatic rings. The van der Waals surface area contributed by atoms with Gasteiger partial charge in [0.1, 0.15) is 5.69 Å². The number of halogens is 2. The third-order valence-corrected chi connectivity index (χ3v) is 5.21. The van der Waals surface area contributed by atoms with Crippen LogP contribution in [0.3, 0.4) is 0 Å². The number of aromatic nitrogens is 2. The molecule has 0 unspecified atom stereocenters. The van der Waals surface area contributed by atoms with E-state index in [0.29, 0.717) is 6.54 Å². The molecule has 0 bridgehead atoms. The van der Waals surface area contributed by atoms with Crippen LogP contribution in [0.2, 0.25) is 0 Å². The Morgan fingerprint density at radius 1 is 1.21 bits per heavy atom. The zero-order valence-corrected chi connectivity index (χ0v) is 13.7. The Balaban J connectivity index is 1.54. The van der Waals surface area contributed by atoms with Gasteiger partial charge in [-0.1, -0.05) is 12.8 Å². The summed E-state index contributed by atoms with van der Waals surface area (Å²) in [6.45, 7) is 1.91. The number of carbonyl (C=O) groups excluding carboxylic acids is 1. The van der Waals surface area contributed by atoms with E-state index in [1.807, 2.05) is 4.90 Å². The molecule has 2 aliphatic rings. The summed E-state index contributed by atoms with van der Waals surface area (Å²) in [5.41, 5.74) is -0.919. The molecule has 1 aromatic heterocycles. The largest absolute Gasteiger partial charge is 0.342 e. The molecule has 1 amide bonds. The number of nitrogens with zero attached hydrogens (tertiary/aromatic N) is 3. The highest BCUT2D eigenvalue weighted by atomic mass is 19.3. The predicted octanol–water partition coefficient (Wildman–Crippen LogP) is 2.61. The summed E-state index contributed by atoms with van der Waals surface area (Å²) in [5.74, 6) is 0.760. The van der Waals surface area contributed by atoms with Gasteiger partial charge in [0.2, 0.25) is 5.91 Å². The molecule has 1 aliphatic carbocycles. The van der Waals surface area contributed by atoms with Crippen LogP contribution in [0.5, 0.6) is 0 Å². The molecule has 0 atom stereocenters. The number of rotatable bonds is 4. The summed E-state index contributed by atoms with van der Waals surface area (Å²) in [5, 5.41) is 0. The van der Waals surface area contributed by atoms with Gasteiger partial charge >= 0.3 is 0 Å². The standard InChI is InChI=1S/C17H23F2N3O2/c18-16(19)14-9-15(23)22(11-20-14)10-12-5-7-21(8-6-12)17(24)13-3-1-2-4-13/h9,11-13,16H,1-8,10H2. The molecule has 0 radical (unpaired) electrons. The molecule has 132 valence electrons. The molecule has 7 heteroatoms. The predicted molar refractivity (Wildman–Crippen MR) is 84.7 cm³/mol. The number of alkyl halides is 2. The lowest BCUT2D eigenvalue weighted by Crippen LogP contribution is -2.42. The van der Waals surface area contributed by atoms with Crippen LogP contribution in [0.15, 0.2) is 17.2 Å². The molecule has 0 aromatic carbocycles. The van der Waals surface area contributed by atoms with Crippen LogP contribution in [0.1, 0.15) is 50.6 Å². The summed E-state index contributed by atoms with van der Waals surface area (Å²) in [7, 11) is 0. The third kappa shape index (κ3) is 3.82. The highest BCUT2D eigenvalue weighted by Crippen LogP contribution is 2.28. The van der Waals surface area contributed by atoms with Crippen molar-refractivity contribution in [2.24, 2.45) is 11.8 Å². The van der Waals surface area contributed by atoms with Gasteiger partial charge in [-0.05, 0) is 31.6 Å². The maximum atomic E-state index is 12.5. The van der Waals surface area contributed by atoms with Crippen molar-refractivity contribution in [1.82, 2.24) is 14.5 Å². The van der Waals surface area contributed by atoms with E-state index < -0.39 is 17.7 Å². The van der Waals surface area contributed by atoms with Crippen LogP contribution in [-0.2, 0) is 11.3 Å². The highest BCUT2D eigenvalue weighted by Gasteiger charge is 2.30. The molecule has 2 heterocycles. The minimum Gasteiger partial charge on any atom is -0.342 e. The molecule has 3 rings (SSSR count). The molecule has 24 heavy (non-hydrogen) atoms. The normalized spacial score (nSPS) is 20.0. The first-order chi connectivity index (χ1) is 11.5.